The molecule has 2 heterocycles. The van der Waals surface area contributed by atoms with E-state index in [0.717, 1.165) is 25.7 Å². The number of benzene rings is 2. The minimum absolute atomic E-state index is 0.0103. The second-order valence-electron chi connectivity index (χ2n) is 9.41. The highest BCUT2D eigenvalue weighted by molar-refractivity contribution is 7.89. The molecule has 0 spiro atoms. The minimum atomic E-state index is -3.69. The summed E-state index contributed by atoms with van der Waals surface area (Å²) in [6.45, 7) is 5.96. The summed E-state index contributed by atoms with van der Waals surface area (Å²) in [5, 5.41) is 5.68. The molecule has 2 aliphatic rings. The van der Waals surface area contributed by atoms with Crippen molar-refractivity contribution in [2.24, 2.45) is 5.92 Å². The summed E-state index contributed by atoms with van der Waals surface area (Å²) in [6.07, 6.45) is 3.55. The number of sulfonamides is 1. The van der Waals surface area contributed by atoms with E-state index in [0.29, 0.717) is 49.0 Å². The molecule has 0 saturated carbocycles. The summed E-state index contributed by atoms with van der Waals surface area (Å²) in [7, 11) is -3.69. The molecule has 2 fully saturated rings. The number of carbonyl (C=O) groups excluding carboxylic acids is 2. The maximum atomic E-state index is 13.2. The number of rotatable bonds is 7. The fourth-order valence-corrected chi connectivity index (χ4v) is 5.96. The molecule has 0 aliphatic carbocycles. The number of aryl methyl sites for hydroxylation is 1. The molecule has 8 nitrogen and oxygen atoms in total. The van der Waals surface area contributed by atoms with Gasteiger partial charge in [0.1, 0.15) is 0 Å². The Balaban J connectivity index is 1.51. The fraction of sp³-hybridized carbons (Fsp3) is 0.462. The van der Waals surface area contributed by atoms with Crippen LogP contribution < -0.4 is 10.6 Å². The number of amides is 2. The van der Waals surface area contributed by atoms with Crippen LogP contribution in [-0.2, 0) is 14.8 Å². The number of hydrogen-bond donors (Lipinski definition) is 2. The Bertz CT molecular complexity index is 1180. The molecular weight excluding hydrogens is 466 g/mol. The quantitative estimate of drug-likeness (QED) is 0.606. The molecule has 188 valence electrons. The zero-order valence-electron chi connectivity index (χ0n) is 20.2. The molecular formula is C26H33N3O5S. The van der Waals surface area contributed by atoms with Gasteiger partial charge >= 0.3 is 0 Å². The van der Waals surface area contributed by atoms with E-state index in [-0.39, 0.29) is 22.5 Å². The molecule has 35 heavy (non-hydrogen) atoms. The minimum Gasteiger partial charge on any atom is -0.376 e. The van der Waals surface area contributed by atoms with Crippen LogP contribution >= 0.6 is 0 Å². The first kappa shape index (κ1) is 25.3. The van der Waals surface area contributed by atoms with Crippen molar-refractivity contribution in [3.8, 4) is 0 Å². The summed E-state index contributed by atoms with van der Waals surface area (Å²) in [5.74, 6) is -0.265. The molecule has 0 aromatic heterocycles. The van der Waals surface area contributed by atoms with Crippen molar-refractivity contribution >= 4 is 27.5 Å². The number of hydrogen-bond acceptors (Lipinski definition) is 5. The smallest absolute Gasteiger partial charge is 0.255 e. The number of nitrogens with zero attached hydrogens (tertiary/aromatic N) is 1. The summed E-state index contributed by atoms with van der Waals surface area (Å²) in [4.78, 5) is 26.1. The van der Waals surface area contributed by atoms with Crippen molar-refractivity contribution < 1.29 is 22.7 Å². The molecule has 0 radical (unpaired) electrons. The molecule has 2 aromatic rings. The largest absolute Gasteiger partial charge is 0.376 e. The van der Waals surface area contributed by atoms with Crippen LogP contribution in [0.5, 0.6) is 0 Å². The molecule has 0 bridgehead atoms. The number of piperidine rings is 1. The van der Waals surface area contributed by atoms with E-state index in [2.05, 4.69) is 17.6 Å². The van der Waals surface area contributed by atoms with Crippen molar-refractivity contribution in [3.05, 3.63) is 59.2 Å². The van der Waals surface area contributed by atoms with E-state index < -0.39 is 15.9 Å². The Hall–Kier alpha value is -2.75. The van der Waals surface area contributed by atoms with Crippen LogP contribution in [0.4, 0.5) is 5.69 Å². The van der Waals surface area contributed by atoms with E-state index in [1.54, 1.807) is 43.3 Å². The van der Waals surface area contributed by atoms with Crippen LogP contribution in [0.15, 0.2) is 47.4 Å². The van der Waals surface area contributed by atoms with Gasteiger partial charge in [-0.2, -0.15) is 4.31 Å². The molecule has 1 unspecified atom stereocenters. The van der Waals surface area contributed by atoms with Crippen LogP contribution in [0.1, 0.15) is 58.9 Å². The van der Waals surface area contributed by atoms with Gasteiger partial charge in [0.05, 0.1) is 22.3 Å². The summed E-state index contributed by atoms with van der Waals surface area (Å²) >= 11 is 0. The monoisotopic (exact) mass is 499 g/mol. The lowest BCUT2D eigenvalue weighted by Crippen LogP contribution is -2.38. The van der Waals surface area contributed by atoms with Crippen molar-refractivity contribution in [1.82, 2.24) is 9.62 Å². The van der Waals surface area contributed by atoms with Gasteiger partial charge in [0.15, 0.2) is 0 Å². The zero-order chi connectivity index (χ0) is 25.0. The molecule has 4 rings (SSSR count). The molecule has 2 saturated heterocycles. The van der Waals surface area contributed by atoms with Gasteiger partial charge in [0, 0.05) is 31.8 Å². The molecule has 1 atom stereocenters. The van der Waals surface area contributed by atoms with Crippen LogP contribution in [0.3, 0.4) is 0 Å². The van der Waals surface area contributed by atoms with Crippen molar-refractivity contribution in [2.45, 2.75) is 50.5 Å². The Morgan fingerprint density at radius 1 is 1.03 bits per heavy atom. The Morgan fingerprint density at radius 2 is 1.77 bits per heavy atom. The zero-order valence-corrected chi connectivity index (χ0v) is 21.1. The Morgan fingerprint density at radius 3 is 2.49 bits per heavy atom. The molecule has 2 aliphatic heterocycles. The molecule has 2 amide bonds. The van der Waals surface area contributed by atoms with Gasteiger partial charge in [0.25, 0.3) is 11.8 Å². The number of nitrogens with one attached hydrogen (secondary N) is 2. The average Bonchev–Trinajstić information content (AvgIpc) is 3.37. The Labute approximate surface area is 207 Å². The summed E-state index contributed by atoms with van der Waals surface area (Å²) in [6, 6.07) is 11.4. The van der Waals surface area contributed by atoms with Crippen LogP contribution in [0.2, 0.25) is 0 Å². The van der Waals surface area contributed by atoms with Crippen molar-refractivity contribution in [1.29, 1.82) is 0 Å². The number of anilines is 1. The maximum absolute atomic E-state index is 13.2. The van der Waals surface area contributed by atoms with Gasteiger partial charge in [-0.05, 0) is 68.4 Å². The second kappa shape index (κ2) is 10.9. The highest BCUT2D eigenvalue weighted by atomic mass is 32.2. The van der Waals surface area contributed by atoms with Gasteiger partial charge in [-0.1, -0.05) is 25.1 Å². The maximum Gasteiger partial charge on any atom is 0.255 e. The second-order valence-corrected chi connectivity index (χ2v) is 11.3. The molecule has 2 N–H and O–H groups in total. The highest BCUT2D eigenvalue weighted by Gasteiger charge is 2.29. The van der Waals surface area contributed by atoms with Gasteiger partial charge in [-0.3, -0.25) is 9.59 Å². The first-order valence-electron chi connectivity index (χ1n) is 12.2. The SMILES string of the molecule is Cc1ccc(S(=O)(=O)N2CCC(C)CC2)cc1C(=O)Nc1ccccc1C(=O)NCC1CCCO1. The van der Waals surface area contributed by atoms with E-state index in [1.165, 1.54) is 10.4 Å². The van der Waals surface area contributed by atoms with Gasteiger partial charge < -0.3 is 15.4 Å². The van der Waals surface area contributed by atoms with Crippen LogP contribution in [0.25, 0.3) is 0 Å². The van der Waals surface area contributed by atoms with Gasteiger partial charge in [0.2, 0.25) is 10.0 Å². The van der Waals surface area contributed by atoms with Gasteiger partial charge in [-0.25, -0.2) is 8.42 Å². The third-order valence-corrected chi connectivity index (χ3v) is 8.66. The van der Waals surface area contributed by atoms with E-state index in [9.17, 15) is 18.0 Å². The van der Waals surface area contributed by atoms with E-state index >= 15 is 0 Å². The van der Waals surface area contributed by atoms with E-state index in [1.807, 2.05) is 0 Å². The predicted octanol–water partition coefficient (Wildman–Crippen LogP) is 3.58. The summed E-state index contributed by atoms with van der Waals surface area (Å²) < 4.78 is 33.4. The van der Waals surface area contributed by atoms with Gasteiger partial charge in [-0.15, -0.1) is 0 Å². The van der Waals surface area contributed by atoms with Crippen LogP contribution in [-0.4, -0.2) is 56.9 Å². The first-order chi connectivity index (χ1) is 16.8. The lowest BCUT2D eigenvalue weighted by atomic mass is 10.0. The average molecular weight is 500 g/mol. The first-order valence-corrected chi connectivity index (χ1v) is 13.6. The van der Waals surface area contributed by atoms with E-state index in [4.69, 9.17) is 4.74 Å². The normalized spacial score (nSPS) is 19.4. The number of carbonyl (C=O) groups is 2. The number of para-hydroxylation sites is 1. The predicted molar refractivity (Wildman–Crippen MR) is 134 cm³/mol. The van der Waals surface area contributed by atoms with Crippen LogP contribution in [0, 0.1) is 12.8 Å². The lowest BCUT2D eigenvalue weighted by molar-refractivity contribution is 0.0858. The van der Waals surface area contributed by atoms with Crippen molar-refractivity contribution in [3.63, 3.8) is 0 Å². The topological polar surface area (TPSA) is 105 Å². The molecule has 9 heteroatoms. The number of ether oxygens (including phenoxy) is 1. The third-order valence-electron chi connectivity index (χ3n) is 6.77. The standard InChI is InChI=1S/C26H33N3O5S/c1-18-11-13-29(14-12-18)35(32,33)21-10-9-19(2)23(16-21)26(31)28-24-8-4-3-7-22(24)25(30)27-17-20-6-5-15-34-20/h3-4,7-10,16,18,20H,5-6,11-15,17H2,1-2H3,(H,27,30)(H,28,31). The molecule has 2 aromatic carbocycles. The third kappa shape index (κ3) is 5.91. The summed E-state index contributed by atoms with van der Waals surface area (Å²) in [5.41, 5.74) is 1.60. The highest BCUT2D eigenvalue weighted by Crippen LogP contribution is 2.26. The lowest BCUT2D eigenvalue weighted by Gasteiger charge is -2.29. The van der Waals surface area contributed by atoms with Crippen molar-refractivity contribution in [2.75, 3.05) is 31.6 Å². The fourth-order valence-electron chi connectivity index (χ4n) is 4.47. The Kier molecular flexibility index (Phi) is 7.88.